The number of hydrogen-bond donors (Lipinski definition) is 1. The first-order valence-electron chi connectivity index (χ1n) is 8.24. The quantitative estimate of drug-likeness (QED) is 0.903. The summed E-state index contributed by atoms with van der Waals surface area (Å²) in [5.41, 5.74) is 2.54. The second kappa shape index (κ2) is 6.44. The van der Waals surface area contributed by atoms with Crippen LogP contribution in [0.1, 0.15) is 43.3 Å². The molecule has 2 aromatic rings. The Labute approximate surface area is 142 Å². The summed E-state index contributed by atoms with van der Waals surface area (Å²) in [4.78, 5) is 18.2. The van der Waals surface area contributed by atoms with E-state index in [-0.39, 0.29) is 5.91 Å². The summed E-state index contributed by atoms with van der Waals surface area (Å²) in [6.07, 6.45) is 3.71. The van der Waals surface area contributed by atoms with Crippen LogP contribution in [-0.2, 0) is 24.1 Å². The molecule has 1 N–H and O–H groups in total. The van der Waals surface area contributed by atoms with Crippen LogP contribution in [-0.4, -0.2) is 10.9 Å². The number of aryl methyl sites for hydroxylation is 1. The van der Waals surface area contributed by atoms with Crippen LogP contribution < -0.4 is 5.32 Å². The predicted molar refractivity (Wildman–Crippen MR) is 95.9 cm³/mol. The first kappa shape index (κ1) is 16.2. The van der Waals surface area contributed by atoms with Gasteiger partial charge in [-0.15, -0.1) is 11.3 Å². The Hall–Kier alpha value is -1.68. The molecule has 1 atom stereocenters. The number of aromatic nitrogens is 1. The third-order valence-electron chi connectivity index (χ3n) is 4.62. The molecule has 1 aliphatic rings. The summed E-state index contributed by atoms with van der Waals surface area (Å²) in [7, 11) is 0. The van der Waals surface area contributed by atoms with Crippen molar-refractivity contribution < 1.29 is 4.79 Å². The van der Waals surface area contributed by atoms with E-state index in [0.29, 0.717) is 17.8 Å². The molecule has 1 heterocycles. The van der Waals surface area contributed by atoms with Crippen molar-refractivity contribution >= 4 is 22.4 Å². The standard InChI is InChI=1S/C19H24N2OS/c1-19(2,3)14-9-10-15-16(12-14)23-18(20-15)21-17(22)11-13-7-5-4-6-8-13/h4-8,14H,9-12H2,1-3H3,(H,20,21,22). The lowest BCUT2D eigenvalue weighted by Gasteiger charge is -2.33. The Bertz CT molecular complexity index is 685. The number of carbonyl (C=O) groups is 1. The van der Waals surface area contributed by atoms with E-state index < -0.39 is 0 Å². The number of benzene rings is 1. The van der Waals surface area contributed by atoms with Gasteiger partial charge < -0.3 is 5.32 Å². The Morgan fingerprint density at radius 1 is 1.30 bits per heavy atom. The van der Waals surface area contributed by atoms with E-state index in [1.165, 1.54) is 17.0 Å². The molecule has 0 bridgehead atoms. The van der Waals surface area contributed by atoms with Crippen molar-refractivity contribution in [1.82, 2.24) is 4.98 Å². The molecule has 1 aromatic heterocycles. The first-order valence-corrected chi connectivity index (χ1v) is 9.06. The lowest BCUT2D eigenvalue weighted by molar-refractivity contribution is -0.115. The van der Waals surface area contributed by atoms with Crippen molar-refractivity contribution in [1.29, 1.82) is 0 Å². The van der Waals surface area contributed by atoms with Crippen LogP contribution in [0.5, 0.6) is 0 Å². The summed E-state index contributed by atoms with van der Waals surface area (Å²) < 4.78 is 0. The lowest BCUT2D eigenvalue weighted by atomic mass is 9.73. The summed E-state index contributed by atoms with van der Waals surface area (Å²) in [5, 5.41) is 3.72. The van der Waals surface area contributed by atoms with Crippen molar-refractivity contribution in [2.24, 2.45) is 11.3 Å². The summed E-state index contributed by atoms with van der Waals surface area (Å²) in [5.74, 6) is 0.706. The van der Waals surface area contributed by atoms with Gasteiger partial charge in [0.25, 0.3) is 0 Å². The van der Waals surface area contributed by atoms with Crippen LogP contribution in [0.15, 0.2) is 30.3 Å². The molecule has 4 heteroatoms. The van der Waals surface area contributed by atoms with Gasteiger partial charge in [-0.05, 0) is 36.2 Å². The second-order valence-electron chi connectivity index (χ2n) is 7.41. The average molecular weight is 328 g/mol. The second-order valence-corrected chi connectivity index (χ2v) is 8.49. The van der Waals surface area contributed by atoms with Crippen LogP contribution in [0.2, 0.25) is 0 Å². The molecule has 122 valence electrons. The summed E-state index contributed by atoms with van der Waals surface area (Å²) >= 11 is 1.65. The minimum absolute atomic E-state index is 0.00895. The van der Waals surface area contributed by atoms with Gasteiger partial charge in [0.15, 0.2) is 5.13 Å². The Morgan fingerprint density at radius 2 is 2.04 bits per heavy atom. The van der Waals surface area contributed by atoms with E-state index in [1.54, 1.807) is 11.3 Å². The fourth-order valence-corrected chi connectivity index (χ4v) is 4.22. The molecule has 1 aromatic carbocycles. The van der Waals surface area contributed by atoms with Gasteiger partial charge in [0.05, 0.1) is 12.1 Å². The monoisotopic (exact) mass is 328 g/mol. The molecule has 0 saturated heterocycles. The Kier molecular flexibility index (Phi) is 4.53. The molecule has 0 fully saturated rings. The largest absolute Gasteiger partial charge is 0.302 e. The van der Waals surface area contributed by atoms with Crippen molar-refractivity contribution in [3.05, 3.63) is 46.5 Å². The molecular formula is C19H24N2OS. The van der Waals surface area contributed by atoms with E-state index >= 15 is 0 Å². The van der Waals surface area contributed by atoms with Crippen molar-refractivity contribution in [2.75, 3.05) is 5.32 Å². The van der Waals surface area contributed by atoms with Gasteiger partial charge in [0.2, 0.25) is 5.91 Å². The molecule has 0 aliphatic heterocycles. The maximum Gasteiger partial charge on any atom is 0.230 e. The number of rotatable bonds is 3. The van der Waals surface area contributed by atoms with E-state index in [2.05, 4.69) is 31.1 Å². The van der Waals surface area contributed by atoms with E-state index in [9.17, 15) is 4.79 Å². The molecular weight excluding hydrogens is 304 g/mol. The highest BCUT2D eigenvalue weighted by Gasteiger charge is 2.30. The summed E-state index contributed by atoms with van der Waals surface area (Å²) in [6, 6.07) is 9.82. The Morgan fingerprint density at radius 3 is 2.74 bits per heavy atom. The highest BCUT2D eigenvalue weighted by molar-refractivity contribution is 7.15. The van der Waals surface area contributed by atoms with Crippen LogP contribution >= 0.6 is 11.3 Å². The molecule has 1 aliphatic carbocycles. The maximum absolute atomic E-state index is 12.2. The van der Waals surface area contributed by atoms with Gasteiger partial charge in [-0.25, -0.2) is 4.98 Å². The highest BCUT2D eigenvalue weighted by Crippen LogP contribution is 2.40. The fraction of sp³-hybridized carbons (Fsp3) is 0.474. The molecule has 1 unspecified atom stereocenters. The van der Waals surface area contributed by atoms with Gasteiger partial charge in [-0.3, -0.25) is 4.79 Å². The molecule has 1 amide bonds. The molecule has 0 saturated carbocycles. The van der Waals surface area contributed by atoms with E-state index in [4.69, 9.17) is 0 Å². The minimum atomic E-state index is 0.00895. The number of fused-ring (bicyclic) bond motifs is 1. The zero-order chi connectivity index (χ0) is 16.4. The van der Waals surface area contributed by atoms with Gasteiger partial charge >= 0.3 is 0 Å². The van der Waals surface area contributed by atoms with Crippen LogP contribution in [0.4, 0.5) is 5.13 Å². The average Bonchev–Trinajstić information content (AvgIpc) is 2.88. The Balaban J connectivity index is 1.65. The molecule has 3 nitrogen and oxygen atoms in total. The van der Waals surface area contributed by atoms with Crippen LogP contribution in [0.3, 0.4) is 0 Å². The number of carbonyl (C=O) groups excluding carboxylic acids is 1. The number of anilines is 1. The van der Waals surface area contributed by atoms with Crippen molar-refractivity contribution in [3.8, 4) is 0 Å². The number of hydrogen-bond acceptors (Lipinski definition) is 3. The topological polar surface area (TPSA) is 42.0 Å². The molecule has 23 heavy (non-hydrogen) atoms. The van der Waals surface area contributed by atoms with E-state index in [1.807, 2.05) is 30.3 Å². The van der Waals surface area contributed by atoms with E-state index in [0.717, 1.165) is 23.5 Å². The molecule has 0 radical (unpaired) electrons. The van der Waals surface area contributed by atoms with Gasteiger partial charge in [-0.2, -0.15) is 0 Å². The van der Waals surface area contributed by atoms with Crippen LogP contribution in [0.25, 0.3) is 0 Å². The number of amides is 1. The maximum atomic E-state index is 12.2. The molecule has 0 spiro atoms. The summed E-state index contributed by atoms with van der Waals surface area (Å²) in [6.45, 7) is 6.94. The van der Waals surface area contributed by atoms with Crippen molar-refractivity contribution in [3.63, 3.8) is 0 Å². The number of thiazole rings is 1. The predicted octanol–water partition coefficient (Wildman–Crippen LogP) is 4.48. The molecule has 3 rings (SSSR count). The van der Waals surface area contributed by atoms with Gasteiger partial charge in [0, 0.05) is 4.88 Å². The fourth-order valence-electron chi connectivity index (χ4n) is 3.11. The highest BCUT2D eigenvalue weighted by atomic mass is 32.1. The third kappa shape index (κ3) is 3.99. The van der Waals surface area contributed by atoms with Gasteiger partial charge in [-0.1, -0.05) is 51.1 Å². The number of nitrogens with one attached hydrogen (secondary N) is 1. The minimum Gasteiger partial charge on any atom is -0.302 e. The zero-order valence-electron chi connectivity index (χ0n) is 14.1. The SMILES string of the molecule is CC(C)(C)C1CCc2nc(NC(=O)Cc3ccccc3)sc2C1. The van der Waals surface area contributed by atoms with Crippen molar-refractivity contribution in [2.45, 2.75) is 46.5 Å². The number of nitrogens with zero attached hydrogens (tertiary/aromatic N) is 1. The normalized spacial score (nSPS) is 17.6. The lowest BCUT2D eigenvalue weighted by Crippen LogP contribution is -2.26. The smallest absolute Gasteiger partial charge is 0.230 e. The third-order valence-corrected chi connectivity index (χ3v) is 5.65. The van der Waals surface area contributed by atoms with Gasteiger partial charge in [0.1, 0.15) is 0 Å². The zero-order valence-corrected chi connectivity index (χ0v) is 14.9. The van der Waals surface area contributed by atoms with Crippen LogP contribution in [0, 0.1) is 11.3 Å². The first-order chi connectivity index (χ1) is 10.9.